The summed E-state index contributed by atoms with van der Waals surface area (Å²) in [6.45, 7) is 11.0. The lowest BCUT2D eigenvalue weighted by atomic mass is 10.1. The van der Waals surface area contributed by atoms with Crippen LogP contribution in [0.2, 0.25) is 0 Å². The summed E-state index contributed by atoms with van der Waals surface area (Å²) in [4.78, 5) is 30.9. The Hall–Kier alpha value is -1.99. The van der Waals surface area contributed by atoms with Crippen LogP contribution >= 0.6 is 0 Å². The maximum Gasteiger partial charge on any atom is 0.407 e. The Morgan fingerprint density at radius 2 is 1.86 bits per heavy atom. The molecule has 1 saturated carbocycles. The van der Waals surface area contributed by atoms with Crippen molar-refractivity contribution in [2.24, 2.45) is 10.9 Å². The monoisotopic (exact) mass is 409 g/mol. The summed E-state index contributed by atoms with van der Waals surface area (Å²) >= 11 is 0. The predicted molar refractivity (Wildman–Crippen MR) is 115 cm³/mol. The van der Waals surface area contributed by atoms with Crippen molar-refractivity contribution in [3.63, 3.8) is 0 Å². The molecule has 0 radical (unpaired) electrons. The maximum absolute atomic E-state index is 12.6. The fraction of sp³-hybridized carbons (Fsp3) is 0.857. The molecule has 1 atom stereocenters. The van der Waals surface area contributed by atoms with Gasteiger partial charge in [-0.1, -0.05) is 12.8 Å². The molecule has 1 aliphatic carbocycles. The number of hydrogen-bond acceptors (Lipinski definition) is 4. The number of carbonyl (C=O) groups is 2. The Balaban J connectivity index is 1.70. The first-order valence-electron chi connectivity index (χ1n) is 11.1. The first-order chi connectivity index (χ1) is 13.8. The highest BCUT2D eigenvalue weighted by Gasteiger charge is 2.32. The summed E-state index contributed by atoms with van der Waals surface area (Å²) in [5.41, 5.74) is -0.487. The van der Waals surface area contributed by atoms with Gasteiger partial charge in [-0.2, -0.15) is 0 Å². The summed E-state index contributed by atoms with van der Waals surface area (Å²) in [7, 11) is 0. The van der Waals surface area contributed by atoms with E-state index < -0.39 is 11.7 Å². The molecule has 3 N–H and O–H groups in total. The molecule has 2 amide bonds. The Labute approximate surface area is 175 Å². The van der Waals surface area contributed by atoms with Crippen LogP contribution in [0.3, 0.4) is 0 Å². The molecule has 166 valence electrons. The third kappa shape index (κ3) is 8.50. The molecule has 29 heavy (non-hydrogen) atoms. The molecule has 2 rings (SSSR count). The Morgan fingerprint density at radius 1 is 1.14 bits per heavy atom. The second-order valence-corrected chi connectivity index (χ2v) is 8.94. The molecular weight excluding hydrogens is 370 g/mol. The van der Waals surface area contributed by atoms with E-state index in [1.807, 2.05) is 32.6 Å². The van der Waals surface area contributed by atoms with Crippen LogP contribution in [0.25, 0.3) is 0 Å². The van der Waals surface area contributed by atoms with Gasteiger partial charge in [0, 0.05) is 44.7 Å². The van der Waals surface area contributed by atoms with E-state index in [-0.39, 0.29) is 12.0 Å². The number of likely N-dealkylation sites (tertiary alicyclic amines) is 1. The smallest absolute Gasteiger partial charge is 0.407 e. The van der Waals surface area contributed by atoms with Crippen LogP contribution in [-0.2, 0) is 9.53 Å². The van der Waals surface area contributed by atoms with Gasteiger partial charge in [-0.05, 0) is 53.4 Å². The Morgan fingerprint density at radius 3 is 2.52 bits per heavy atom. The first-order valence-corrected chi connectivity index (χ1v) is 11.1. The van der Waals surface area contributed by atoms with E-state index >= 15 is 0 Å². The number of alkyl carbamates (subject to hydrolysis) is 1. The highest BCUT2D eigenvalue weighted by molar-refractivity contribution is 5.81. The van der Waals surface area contributed by atoms with Gasteiger partial charge in [0.25, 0.3) is 0 Å². The molecule has 2 aliphatic rings. The minimum atomic E-state index is -0.487. The molecule has 2 fully saturated rings. The van der Waals surface area contributed by atoms with Crippen molar-refractivity contribution in [3.05, 3.63) is 0 Å². The number of nitrogens with zero attached hydrogens (tertiary/aromatic N) is 2. The molecule has 8 nitrogen and oxygen atoms in total. The second-order valence-electron chi connectivity index (χ2n) is 8.94. The van der Waals surface area contributed by atoms with Gasteiger partial charge in [-0.3, -0.25) is 9.79 Å². The van der Waals surface area contributed by atoms with Gasteiger partial charge in [0.2, 0.25) is 5.91 Å². The van der Waals surface area contributed by atoms with Crippen LogP contribution in [0.4, 0.5) is 4.79 Å². The molecule has 0 aromatic carbocycles. The van der Waals surface area contributed by atoms with Gasteiger partial charge in [0.1, 0.15) is 5.60 Å². The van der Waals surface area contributed by atoms with Crippen molar-refractivity contribution in [3.8, 4) is 0 Å². The number of aliphatic imine (C=N–C) groups is 1. The fourth-order valence-electron chi connectivity index (χ4n) is 3.80. The van der Waals surface area contributed by atoms with Crippen molar-refractivity contribution in [2.75, 3.05) is 32.7 Å². The number of amides is 2. The molecule has 0 spiro atoms. The summed E-state index contributed by atoms with van der Waals surface area (Å²) in [5, 5.41) is 9.47. The van der Waals surface area contributed by atoms with E-state index in [2.05, 4.69) is 20.9 Å². The van der Waals surface area contributed by atoms with Gasteiger partial charge in [0.05, 0.1) is 0 Å². The maximum atomic E-state index is 12.6. The van der Waals surface area contributed by atoms with E-state index in [0.717, 1.165) is 51.3 Å². The standard InChI is InChI=1S/C21H39N5O3/c1-5-22-19(23-12-8-13-24-20(28)29-21(2,3)4)25-17-11-14-26(15-17)18(27)16-9-6-7-10-16/h16-17H,5-15H2,1-4H3,(H,24,28)(H2,22,23,25). The highest BCUT2D eigenvalue weighted by Crippen LogP contribution is 2.27. The zero-order chi connectivity index (χ0) is 21.3. The average molecular weight is 410 g/mol. The third-order valence-corrected chi connectivity index (χ3v) is 5.16. The normalized spacial score (nSPS) is 20.6. The zero-order valence-electron chi connectivity index (χ0n) is 18.6. The molecule has 0 bridgehead atoms. The minimum absolute atomic E-state index is 0.234. The zero-order valence-corrected chi connectivity index (χ0v) is 18.6. The van der Waals surface area contributed by atoms with Crippen LogP contribution in [0.1, 0.15) is 66.2 Å². The minimum Gasteiger partial charge on any atom is -0.444 e. The van der Waals surface area contributed by atoms with E-state index in [4.69, 9.17) is 4.74 Å². The first kappa shape index (κ1) is 23.3. The second kappa shape index (κ2) is 11.3. The van der Waals surface area contributed by atoms with Crippen LogP contribution in [0.15, 0.2) is 4.99 Å². The molecule has 0 aromatic heterocycles. The quantitative estimate of drug-likeness (QED) is 0.341. The van der Waals surface area contributed by atoms with Crippen LogP contribution in [0, 0.1) is 5.92 Å². The summed E-state index contributed by atoms with van der Waals surface area (Å²) in [6.07, 6.45) is 5.75. The van der Waals surface area contributed by atoms with Gasteiger partial charge in [0.15, 0.2) is 5.96 Å². The van der Waals surface area contributed by atoms with Crippen molar-refractivity contribution in [1.82, 2.24) is 20.9 Å². The molecule has 1 unspecified atom stereocenters. The molecule has 0 aromatic rings. The van der Waals surface area contributed by atoms with Crippen LogP contribution in [-0.4, -0.2) is 67.2 Å². The molecule has 1 saturated heterocycles. The highest BCUT2D eigenvalue weighted by atomic mass is 16.6. The van der Waals surface area contributed by atoms with Crippen molar-refractivity contribution in [2.45, 2.75) is 77.9 Å². The van der Waals surface area contributed by atoms with E-state index in [1.165, 1.54) is 12.8 Å². The lowest BCUT2D eigenvalue weighted by Gasteiger charge is -2.21. The molecule has 1 heterocycles. The third-order valence-electron chi connectivity index (χ3n) is 5.16. The lowest BCUT2D eigenvalue weighted by molar-refractivity contribution is -0.134. The summed E-state index contributed by atoms with van der Waals surface area (Å²) in [6, 6.07) is 0.234. The van der Waals surface area contributed by atoms with Crippen LogP contribution in [0.5, 0.6) is 0 Å². The number of guanidine groups is 1. The number of rotatable bonds is 7. The Bertz CT molecular complexity index is 567. The topological polar surface area (TPSA) is 95.1 Å². The molecule has 8 heteroatoms. The Kier molecular flexibility index (Phi) is 9.04. The van der Waals surface area contributed by atoms with E-state index in [0.29, 0.717) is 19.0 Å². The fourth-order valence-corrected chi connectivity index (χ4v) is 3.80. The molecular formula is C21H39N5O3. The van der Waals surface area contributed by atoms with Crippen molar-refractivity contribution < 1.29 is 14.3 Å². The molecule has 1 aliphatic heterocycles. The van der Waals surface area contributed by atoms with Crippen LogP contribution < -0.4 is 16.0 Å². The number of nitrogens with one attached hydrogen (secondary N) is 3. The number of carbonyl (C=O) groups excluding carboxylic acids is 2. The lowest BCUT2D eigenvalue weighted by Crippen LogP contribution is -2.45. The summed E-state index contributed by atoms with van der Waals surface area (Å²) < 4.78 is 5.22. The van der Waals surface area contributed by atoms with Gasteiger partial charge in [-0.15, -0.1) is 0 Å². The van der Waals surface area contributed by atoms with E-state index in [9.17, 15) is 9.59 Å². The average Bonchev–Trinajstić information content (AvgIpc) is 3.31. The van der Waals surface area contributed by atoms with Crippen molar-refractivity contribution in [1.29, 1.82) is 0 Å². The van der Waals surface area contributed by atoms with Gasteiger partial charge >= 0.3 is 6.09 Å². The number of hydrogen-bond donors (Lipinski definition) is 3. The van der Waals surface area contributed by atoms with E-state index in [1.54, 1.807) is 0 Å². The van der Waals surface area contributed by atoms with Gasteiger partial charge in [-0.25, -0.2) is 4.79 Å². The number of ether oxygens (including phenoxy) is 1. The largest absolute Gasteiger partial charge is 0.444 e. The SMILES string of the molecule is CCNC(=NCCCNC(=O)OC(C)(C)C)NC1CCN(C(=O)C2CCCC2)C1. The van der Waals surface area contributed by atoms with Gasteiger partial charge < -0.3 is 25.6 Å². The predicted octanol–water partition coefficient (Wildman–Crippen LogP) is 2.25. The van der Waals surface area contributed by atoms with Crippen molar-refractivity contribution >= 4 is 18.0 Å². The summed E-state index contributed by atoms with van der Waals surface area (Å²) in [5.74, 6) is 1.35.